The normalized spacial score (nSPS) is 15.0. The Kier molecular flexibility index (Phi) is 7.80. The number of pyridine rings is 1. The number of halogens is 4. The highest BCUT2D eigenvalue weighted by Crippen LogP contribution is 2.41. The third kappa shape index (κ3) is 5.17. The molecule has 0 bridgehead atoms. The van der Waals surface area contributed by atoms with Crippen molar-refractivity contribution in [3.05, 3.63) is 42.1 Å². The third-order valence-electron chi connectivity index (χ3n) is 6.24. The SMILES string of the molecule is N#Cc1c(-c2ccc(S(=O)(=O)NC(CF)CF)cn2)n(C2CCCCC2)c2cc(OC(F)F)ccc12. The Hall–Kier alpha value is -3.17. The van der Waals surface area contributed by atoms with Crippen molar-refractivity contribution in [2.45, 2.75) is 55.7 Å². The average Bonchev–Trinajstić information content (AvgIpc) is 3.21. The van der Waals surface area contributed by atoms with E-state index in [1.54, 1.807) is 6.07 Å². The van der Waals surface area contributed by atoms with Gasteiger partial charge in [0.15, 0.2) is 0 Å². The number of nitrogens with one attached hydrogen (secondary N) is 1. The van der Waals surface area contributed by atoms with Crippen LogP contribution in [-0.2, 0) is 10.0 Å². The van der Waals surface area contributed by atoms with Gasteiger partial charge in [0.1, 0.15) is 30.1 Å². The predicted octanol–water partition coefficient (Wildman–Crippen LogP) is 5.27. The summed E-state index contributed by atoms with van der Waals surface area (Å²) in [5.74, 6) is -0.0427. The minimum Gasteiger partial charge on any atom is -0.435 e. The van der Waals surface area contributed by atoms with E-state index in [0.717, 1.165) is 38.3 Å². The van der Waals surface area contributed by atoms with E-state index in [-0.39, 0.29) is 22.3 Å². The number of ether oxygens (including phenoxy) is 1. The molecule has 1 fully saturated rings. The van der Waals surface area contributed by atoms with Crippen molar-refractivity contribution in [2.24, 2.45) is 0 Å². The number of nitrogens with zero attached hydrogens (tertiary/aromatic N) is 3. The molecular weight excluding hydrogens is 500 g/mol. The van der Waals surface area contributed by atoms with Crippen LogP contribution in [0.4, 0.5) is 17.6 Å². The molecule has 0 amide bonds. The number of nitriles is 1. The van der Waals surface area contributed by atoms with Gasteiger partial charge >= 0.3 is 6.61 Å². The average molecular weight is 525 g/mol. The molecule has 1 aliphatic rings. The fraction of sp³-hybridized carbons (Fsp3) is 0.417. The number of benzene rings is 1. The summed E-state index contributed by atoms with van der Waals surface area (Å²) in [5.41, 5.74) is 1.56. The topological polar surface area (TPSA) is 97.0 Å². The van der Waals surface area contributed by atoms with E-state index < -0.39 is 36.0 Å². The molecule has 0 radical (unpaired) electrons. The lowest BCUT2D eigenvalue weighted by atomic mass is 9.95. The third-order valence-corrected chi connectivity index (χ3v) is 7.74. The maximum absolute atomic E-state index is 12.9. The van der Waals surface area contributed by atoms with Crippen molar-refractivity contribution >= 4 is 20.9 Å². The van der Waals surface area contributed by atoms with E-state index in [1.807, 2.05) is 9.29 Å². The van der Waals surface area contributed by atoms with Crippen LogP contribution < -0.4 is 9.46 Å². The van der Waals surface area contributed by atoms with Gasteiger partial charge in [0, 0.05) is 23.7 Å². The van der Waals surface area contributed by atoms with Crippen molar-refractivity contribution in [1.82, 2.24) is 14.3 Å². The Morgan fingerprint density at radius 2 is 1.86 bits per heavy atom. The van der Waals surface area contributed by atoms with Gasteiger partial charge in [-0.2, -0.15) is 14.0 Å². The number of hydrogen-bond donors (Lipinski definition) is 1. The summed E-state index contributed by atoms with van der Waals surface area (Å²) < 4.78 is 84.8. The van der Waals surface area contributed by atoms with Gasteiger partial charge in [0.2, 0.25) is 10.0 Å². The monoisotopic (exact) mass is 524 g/mol. The molecule has 2 heterocycles. The number of rotatable bonds is 9. The summed E-state index contributed by atoms with van der Waals surface area (Å²) in [6, 6.07) is 7.69. The van der Waals surface area contributed by atoms with Gasteiger partial charge in [0.25, 0.3) is 0 Å². The van der Waals surface area contributed by atoms with E-state index in [2.05, 4.69) is 15.8 Å². The number of hydrogen-bond acceptors (Lipinski definition) is 5. The zero-order valence-corrected chi connectivity index (χ0v) is 19.9. The molecule has 0 aliphatic heterocycles. The predicted molar refractivity (Wildman–Crippen MR) is 125 cm³/mol. The molecule has 36 heavy (non-hydrogen) atoms. The van der Waals surface area contributed by atoms with Crippen LogP contribution in [0.2, 0.25) is 0 Å². The smallest absolute Gasteiger partial charge is 0.387 e. The quantitative estimate of drug-likeness (QED) is 0.385. The molecule has 12 heteroatoms. The van der Waals surface area contributed by atoms with Crippen LogP contribution in [-0.4, -0.2) is 44.0 Å². The van der Waals surface area contributed by atoms with Crippen molar-refractivity contribution < 1.29 is 30.7 Å². The second-order valence-electron chi connectivity index (χ2n) is 8.56. The molecule has 0 spiro atoms. The first-order valence-electron chi connectivity index (χ1n) is 11.4. The maximum atomic E-state index is 12.9. The zero-order valence-electron chi connectivity index (χ0n) is 19.1. The van der Waals surface area contributed by atoms with Crippen LogP contribution in [0.3, 0.4) is 0 Å². The van der Waals surface area contributed by atoms with Crippen molar-refractivity contribution in [3.8, 4) is 23.2 Å². The standard InChI is InChI=1S/C24H24F4N4O3S/c25-11-15(12-26)31-36(33,34)18-7-9-21(30-14-18)23-20(13-29)19-8-6-17(35-24(27)28)10-22(19)32(23)16-4-2-1-3-5-16/h6-10,14-16,24,31H,1-5,11-12H2. The van der Waals surface area contributed by atoms with Gasteiger partial charge in [0.05, 0.1) is 28.5 Å². The molecule has 2 aromatic heterocycles. The van der Waals surface area contributed by atoms with E-state index in [9.17, 15) is 31.2 Å². The fourth-order valence-electron chi connectivity index (χ4n) is 4.62. The molecule has 192 valence electrons. The first kappa shape index (κ1) is 25.9. The van der Waals surface area contributed by atoms with Crippen LogP contribution in [0.1, 0.15) is 43.7 Å². The van der Waals surface area contributed by atoms with E-state index in [1.165, 1.54) is 24.3 Å². The largest absolute Gasteiger partial charge is 0.435 e. The molecule has 0 unspecified atom stereocenters. The number of alkyl halides is 4. The van der Waals surface area contributed by atoms with Gasteiger partial charge in [-0.15, -0.1) is 0 Å². The van der Waals surface area contributed by atoms with Gasteiger partial charge < -0.3 is 9.30 Å². The Morgan fingerprint density at radius 3 is 2.44 bits per heavy atom. The van der Waals surface area contributed by atoms with Crippen molar-refractivity contribution in [1.29, 1.82) is 5.26 Å². The molecule has 1 N–H and O–H groups in total. The van der Waals surface area contributed by atoms with Gasteiger partial charge in [-0.25, -0.2) is 21.9 Å². The first-order valence-corrected chi connectivity index (χ1v) is 12.9. The summed E-state index contributed by atoms with van der Waals surface area (Å²) in [7, 11) is -4.22. The van der Waals surface area contributed by atoms with Gasteiger partial charge in [-0.3, -0.25) is 4.98 Å². The lowest BCUT2D eigenvalue weighted by Gasteiger charge is -2.26. The van der Waals surface area contributed by atoms with Crippen molar-refractivity contribution in [3.63, 3.8) is 0 Å². The zero-order chi connectivity index (χ0) is 25.9. The van der Waals surface area contributed by atoms with E-state index in [4.69, 9.17) is 0 Å². The summed E-state index contributed by atoms with van der Waals surface area (Å²) in [6.07, 6.45) is 5.66. The molecule has 1 saturated carbocycles. The molecule has 7 nitrogen and oxygen atoms in total. The highest BCUT2D eigenvalue weighted by atomic mass is 32.2. The minimum atomic E-state index is -4.22. The highest BCUT2D eigenvalue weighted by Gasteiger charge is 2.27. The molecule has 0 saturated heterocycles. The molecule has 3 aromatic rings. The second kappa shape index (κ2) is 10.8. The Labute approximate surface area is 205 Å². The lowest BCUT2D eigenvalue weighted by Crippen LogP contribution is -2.37. The molecule has 1 aliphatic carbocycles. The van der Waals surface area contributed by atoms with Gasteiger partial charge in [-0.05, 0) is 37.1 Å². The van der Waals surface area contributed by atoms with E-state index >= 15 is 0 Å². The van der Waals surface area contributed by atoms with Gasteiger partial charge in [-0.1, -0.05) is 19.3 Å². The molecule has 1 aromatic carbocycles. The van der Waals surface area contributed by atoms with Crippen LogP contribution >= 0.6 is 0 Å². The van der Waals surface area contributed by atoms with Crippen LogP contribution in [0.25, 0.3) is 22.3 Å². The van der Waals surface area contributed by atoms with Crippen LogP contribution in [0.5, 0.6) is 5.75 Å². The number of fused-ring (bicyclic) bond motifs is 1. The van der Waals surface area contributed by atoms with E-state index in [0.29, 0.717) is 22.3 Å². The fourth-order valence-corrected chi connectivity index (χ4v) is 5.76. The first-order chi connectivity index (χ1) is 17.3. The summed E-state index contributed by atoms with van der Waals surface area (Å²) in [6.45, 7) is -5.41. The van der Waals surface area contributed by atoms with Crippen molar-refractivity contribution in [2.75, 3.05) is 13.3 Å². The Morgan fingerprint density at radius 1 is 1.14 bits per heavy atom. The summed E-state index contributed by atoms with van der Waals surface area (Å²) in [4.78, 5) is 3.99. The van der Waals surface area contributed by atoms with Crippen LogP contribution in [0.15, 0.2) is 41.4 Å². The molecule has 0 atom stereocenters. The minimum absolute atomic E-state index is 0.0260. The lowest BCUT2D eigenvalue weighted by molar-refractivity contribution is -0.0497. The van der Waals surface area contributed by atoms with Crippen LogP contribution in [0, 0.1) is 11.3 Å². The number of aromatic nitrogens is 2. The molecular formula is C24H24F4N4O3S. The Bertz CT molecular complexity index is 1360. The number of sulfonamides is 1. The molecule has 4 rings (SSSR count). The summed E-state index contributed by atoms with van der Waals surface area (Å²) in [5, 5.41) is 10.6. The summed E-state index contributed by atoms with van der Waals surface area (Å²) >= 11 is 0. The second-order valence-corrected chi connectivity index (χ2v) is 10.3. The maximum Gasteiger partial charge on any atom is 0.387 e. The Balaban J connectivity index is 1.84. The highest BCUT2D eigenvalue weighted by molar-refractivity contribution is 7.89.